The molecule has 0 aromatic rings. The van der Waals surface area contributed by atoms with Crippen LogP contribution in [0.1, 0.15) is 25.7 Å². The summed E-state index contributed by atoms with van der Waals surface area (Å²) in [5, 5.41) is 2.90. The smallest absolute Gasteiger partial charge is 0.267 e. The maximum atomic E-state index is 13.0. The van der Waals surface area contributed by atoms with Crippen molar-refractivity contribution in [3.63, 3.8) is 0 Å². The molecule has 1 saturated carbocycles. The maximum absolute atomic E-state index is 13.0. The highest BCUT2D eigenvalue weighted by Gasteiger charge is 2.18. The van der Waals surface area contributed by atoms with Crippen LogP contribution in [-0.2, 0) is 10.1 Å². The highest BCUT2D eigenvalue weighted by atomic mass is 32.2. The molecular formula is C9H18FNO3S. The molecule has 90 valence electrons. The Bertz CT molecular complexity index is 275. The molecule has 0 radical (unpaired) electrons. The fraction of sp³-hybridized carbons (Fsp3) is 1.00. The zero-order valence-corrected chi connectivity index (χ0v) is 9.47. The molecule has 0 aliphatic heterocycles. The van der Waals surface area contributed by atoms with Crippen molar-refractivity contribution < 1.29 is 17.4 Å². The molecule has 1 rings (SSSR count). The van der Waals surface area contributed by atoms with Crippen LogP contribution in [-0.4, -0.2) is 38.0 Å². The second kappa shape index (κ2) is 5.77. The summed E-state index contributed by atoms with van der Waals surface area (Å²) in [4.78, 5) is 0. The average Bonchev–Trinajstić information content (AvgIpc) is 2.53. The molecule has 0 amide bonds. The zero-order chi connectivity index (χ0) is 11.3. The number of hydrogen-bond donors (Lipinski definition) is 2. The highest BCUT2D eigenvalue weighted by molar-refractivity contribution is 7.85. The minimum absolute atomic E-state index is 0.00368. The van der Waals surface area contributed by atoms with E-state index in [9.17, 15) is 12.8 Å². The first-order valence-electron chi connectivity index (χ1n) is 5.27. The summed E-state index contributed by atoms with van der Waals surface area (Å²) < 4.78 is 42.1. The van der Waals surface area contributed by atoms with Crippen LogP contribution >= 0.6 is 0 Å². The molecule has 0 aromatic carbocycles. The molecule has 6 heteroatoms. The summed E-state index contributed by atoms with van der Waals surface area (Å²) in [6.07, 6.45) is 3.28. The third-order valence-corrected chi connectivity index (χ3v) is 3.45. The van der Waals surface area contributed by atoms with Crippen LogP contribution in [0, 0.1) is 5.92 Å². The molecule has 1 aliphatic carbocycles. The van der Waals surface area contributed by atoms with E-state index in [0.717, 1.165) is 6.54 Å². The third kappa shape index (κ3) is 6.06. The Morgan fingerprint density at radius 3 is 2.53 bits per heavy atom. The van der Waals surface area contributed by atoms with Gasteiger partial charge in [0.15, 0.2) is 0 Å². The second-order valence-corrected chi connectivity index (χ2v) is 5.65. The Hall–Kier alpha value is -0.200. The molecule has 0 aromatic heterocycles. The normalized spacial score (nSPS) is 20.7. The maximum Gasteiger partial charge on any atom is 0.267 e. The van der Waals surface area contributed by atoms with E-state index < -0.39 is 22.0 Å². The molecular weight excluding hydrogens is 221 g/mol. The van der Waals surface area contributed by atoms with Crippen LogP contribution in [0.25, 0.3) is 0 Å². The quantitative estimate of drug-likeness (QED) is 0.678. The van der Waals surface area contributed by atoms with E-state index in [2.05, 4.69) is 5.32 Å². The molecule has 1 atom stereocenters. The first kappa shape index (κ1) is 12.9. The predicted molar refractivity (Wildman–Crippen MR) is 56.1 cm³/mol. The van der Waals surface area contributed by atoms with Gasteiger partial charge in [-0.15, -0.1) is 0 Å². The largest absolute Gasteiger partial charge is 0.314 e. The van der Waals surface area contributed by atoms with Gasteiger partial charge in [0.1, 0.15) is 11.9 Å². The topological polar surface area (TPSA) is 66.4 Å². The Morgan fingerprint density at radius 1 is 1.40 bits per heavy atom. The fourth-order valence-corrected chi connectivity index (χ4v) is 2.52. The van der Waals surface area contributed by atoms with Gasteiger partial charge >= 0.3 is 0 Å². The van der Waals surface area contributed by atoms with Crippen LogP contribution in [0.3, 0.4) is 0 Å². The zero-order valence-electron chi connectivity index (χ0n) is 8.65. The molecule has 0 saturated heterocycles. The Kier molecular flexibility index (Phi) is 4.95. The lowest BCUT2D eigenvalue weighted by Crippen LogP contribution is -2.32. The Balaban J connectivity index is 2.08. The SMILES string of the molecule is O=S(=O)(O)C[C@H](F)CNCC1CCCC1. The average molecular weight is 239 g/mol. The fourth-order valence-electron chi connectivity index (χ4n) is 1.95. The molecule has 0 heterocycles. The first-order chi connectivity index (χ1) is 6.97. The van der Waals surface area contributed by atoms with E-state index in [0.29, 0.717) is 5.92 Å². The number of halogens is 1. The molecule has 2 N–H and O–H groups in total. The summed E-state index contributed by atoms with van der Waals surface area (Å²) in [6, 6.07) is 0. The van der Waals surface area contributed by atoms with E-state index in [4.69, 9.17) is 4.55 Å². The van der Waals surface area contributed by atoms with Crippen LogP contribution in [0.5, 0.6) is 0 Å². The second-order valence-electron chi connectivity index (χ2n) is 4.15. The van der Waals surface area contributed by atoms with Crippen LogP contribution in [0.2, 0.25) is 0 Å². The van der Waals surface area contributed by atoms with Crippen molar-refractivity contribution in [1.29, 1.82) is 0 Å². The van der Waals surface area contributed by atoms with Crippen LogP contribution < -0.4 is 5.32 Å². The lowest BCUT2D eigenvalue weighted by atomic mass is 10.1. The van der Waals surface area contributed by atoms with E-state index in [1.54, 1.807) is 0 Å². The van der Waals surface area contributed by atoms with Crippen molar-refractivity contribution in [2.45, 2.75) is 31.9 Å². The standard InChI is InChI=1S/C9H18FNO3S/c10-9(7-15(12,13)14)6-11-5-8-3-1-2-4-8/h8-9,11H,1-7H2,(H,12,13,14)/t9-/m1/s1. The summed E-state index contributed by atoms with van der Waals surface area (Å²) in [5.41, 5.74) is 0. The van der Waals surface area contributed by atoms with Gasteiger partial charge in [-0.2, -0.15) is 8.42 Å². The highest BCUT2D eigenvalue weighted by Crippen LogP contribution is 2.23. The van der Waals surface area contributed by atoms with Gasteiger partial charge in [0.05, 0.1) is 0 Å². The van der Waals surface area contributed by atoms with Gasteiger partial charge in [0, 0.05) is 6.54 Å². The van der Waals surface area contributed by atoms with Crippen molar-refractivity contribution in [2.75, 3.05) is 18.8 Å². The van der Waals surface area contributed by atoms with E-state index in [1.807, 2.05) is 0 Å². The number of rotatable bonds is 6. The van der Waals surface area contributed by atoms with Crippen LogP contribution in [0.4, 0.5) is 4.39 Å². The van der Waals surface area contributed by atoms with Crippen molar-refractivity contribution in [2.24, 2.45) is 5.92 Å². The predicted octanol–water partition coefficient (Wildman–Crippen LogP) is 0.992. The van der Waals surface area contributed by atoms with Crippen molar-refractivity contribution in [3.05, 3.63) is 0 Å². The summed E-state index contributed by atoms with van der Waals surface area (Å²) in [5.74, 6) is -0.215. The van der Waals surface area contributed by atoms with E-state index in [-0.39, 0.29) is 6.54 Å². The van der Waals surface area contributed by atoms with Gasteiger partial charge in [-0.05, 0) is 25.3 Å². The van der Waals surface area contributed by atoms with Crippen molar-refractivity contribution in [1.82, 2.24) is 5.32 Å². The van der Waals surface area contributed by atoms with Gasteiger partial charge < -0.3 is 5.32 Å². The minimum Gasteiger partial charge on any atom is -0.314 e. The molecule has 0 unspecified atom stereocenters. The summed E-state index contributed by atoms with van der Waals surface area (Å²) in [6.45, 7) is 0.738. The van der Waals surface area contributed by atoms with E-state index >= 15 is 0 Å². The Labute approximate surface area is 90.0 Å². The van der Waals surface area contributed by atoms with Gasteiger partial charge in [-0.25, -0.2) is 4.39 Å². The molecule has 15 heavy (non-hydrogen) atoms. The van der Waals surface area contributed by atoms with Gasteiger partial charge in [0.25, 0.3) is 10.1 Å². The van der Waals surface area contributed by atoms with Crippen molar-refractivity contribution >= 4 is 10.1 Å². The van der Waals surface area contributed by atoms with E-state index in [1.165, 1.54) is 25.7 Å². The number of hydrogen-bond acceptors (Lipinski definition) is 3. The van der Waals surface area contributed by atoms with Crippen molar-refractivity contribution in [3.8, 4) is 0 Å². The van der Waals surface area contributed by atoms with Crippen LogP contribution in [0.15, 0.2) is 0 Å². The number of nitrogens with one attached hydrogen (secondary N) is 1. The lowest BCUT2D eigenvalue weighted by Gasteiger charge is -2.12. The minimum atomic E-state index is -4.19. The lowest BCUT2D eigenvalue weighted by molar-refractivity contribution is 0.329. The third-order valence-electron chi connectivity index (χ3n) is 2.67. The summed E-state index contributed by atoms with van der Waals surface area (Å²) in [7, 11) is -4.19. The van der Waals surface area contributed by atoms with Gasteiger partial charge in [-0.3, -0.25) is 4.55 Å². The molecule has 0 spiro atoms. The molecule has 4 nitrogen and oxygen atoms in total. The monoisotopic (exact) mass is 239 g/mol. The molecule has 1 aliphatic rings. The first-order valence-corrected chi connectivity index (χ1v) is 6.88. The Morgan fingerprint density at radius 2 is 2.00 bits per heavy atom. The molecule has 1 fully saturated rings. The van der Waals surface area contributed by atoms with Gasteiger partial charge in [0.2, 0.25) is 0 Å². The molecule has 0 bridgehead atoms. The summed E-state index contributed by atoms with van der Waals surface area (Å²) >= 11 is 0. The van der Waals surface area contributed by atoms with Gasteiger partial charge in [-0.1, -0.05) is 12.8 Å². The number of alkyl halides is 1.